The van der Waals surface area contributed by atoms with Crippen LogP contribution in [-0.4, -0.2) is 29.7 Å². The summed E-state index contributed by atoms with van der Waals surface area (Å²) in [7, 11) is 0. The Labute approximate surface area is 102 Å². The van der Waals surface area contributed by atoms with Crippen LogP contribution in [0.5, 0.6) is 5.88 Å². The topological polar surface area (TPSA) is 47.0 Å². The zero-order valence-corrected chi connectivity index (χ0v) is 10.1. The smallest absolute Gasteiger partial charge is 0.216 e. The number of ether oxygens (including phenoxy) is 1. The Morgan fingerprint density at radius 3 is 2.82 bits per heavy atom. The average Bonchev–Trinajstić information content (AvgIpc) is 3.22. The normalized spacial score (nSPS) is 21.4. The van der Waals surface area contributed by atoms with Crippen LogP contribution in [0.4, 0.5) is 0 Å². The molecule has 2 fully saturated rings. The number of aromatic nitrogens is 2. The molecule has 1 aliphatic carbocycles. The molecule has 1 saturated heterocycles. The van der Waals surface area contributed by atoms with Crippen molar-refractivity contribution in [3.05, 3.63) is 18.1 Å². The van der Waals surface area contributed by atoms with Crippen LogP contribution in [0.1, 0.15) is 37.4 Å². The average molecular weight is 233 g/mol. The van der Waals surface area contributed by atoms with Crippen LogP contribution < -0.4 is 10.1 Å². The van der Waals surface area contributed by atoms with Crippen LogP contribution in [0.15, 0.2) is 12.3 Å². The lowest BCUT2D eigenvalue weighted by Crippen LogP contribution is -2.30. The number of nitrogens with one attached hydrogen (secondary N) is 1. The van der Waals surface area contributed by atoms with Gasteiger partial charge in [-0.25, -0.2) is 4.98 Å². The van der Waals surface area contributed by atoms with Crippen LogP contribution in [0.2, 0.25) is 0 Å². The lowest BCUT2D eigenvalue weighted by atomic mass is 9.99. The zero-order chi connectivity index (χ0) is 11.5. The minimum atomic E-state index is 0.595. The molecule has 0 amide bonds. The van der Waals surface area contributed by atoms with Crippen LogP contribution in [-0.2, 0) is 0 Å². The van der Waals surface area contributed by atoms with Gasteiger partial charge in [0, 0.05) is 18.2 Å². The number of hydrogen-bond donors (Lipinski definition) is 1. The van der Waals surface area contributed by atoms with Gasteiger partial charge in [0.25, 0.3) is 0 Å². The maximum atomic E-state index is 5.79. The minimum absolute atomic E-state index is 0.595. The molecule has 2 heterocycles. The number of nitrogens with zero attached hydrogens (tertiary/aromatic N) is 2. The molecule has 1 N–H and O–H groups in total. The Morgan fingerprint density at radius 2 is 2.06 bits per heavy atom. The first-order valence-corrected chi connectivity index (χ1v) is 6.58. The molecule has 0 atom stereocenters. The molecule has 0 unspecified atom stereocenters. The van der Waals surface area contributed by atoms with Gasteiger partial charge in [-0.3, -0.25) is 0 Å². The zero-order valence-electron chi connectivity index (χ0n) is 10.1. The summed E-state index contributed by atoms with van der Waals surface area (Å²) in [6.07, 6.45) is 6.70. The Hall–Kier alpha value is -1.16. The predicted molar refractivity (Wildman–Crippen MR) is 65.1 cm³/mol. The van der Waals surface area contributed by atoms with E-state index in [1.165, 1.54) is 25.7 Å². The van der Waals surface area contributed by atoms with Crippen LogP contribution in [0.3, 0.4) is 0 Å². The van der Waals surface area contributed by atoms with E-state index in [2.05, 4.69) is 15.3 Å². The highest BCUT2D eigenvalue weighted by Gasteiger charge is 2.26. The van der Waals surface area contributed by atoms with Gasteiger partial charge in [0.2, 0.25) is 5.88 Å². The highest BCUT2D eigenvalue weighted by molar-refractivity contribution is 5.13. The van der Waals surface area contributed by atoms with Crippen molar-refractivity contribution in [3.8, 4) is 5.88 Å². The molecule has 92 valence electrons. The van der Waals surface area contributed by atoms with E-state index in [0.29, 0.717) is 11.8 Å². The van der Waals surface area contributed by atoms with E-state index in [4.69, 9.17) is 4.74 Å². The van der Waals surface area contributed by atoms with Gasteiger partial charge in [-0.05, 0) is 44.7 Å². The summed E-state index contributed by atoms with van der Waals surface area (Å²) in [4.78, 5) is 8.77. The number of piperidine rings is 1. The van der Waals surface area contributed by atoms with E-state index < -0.39 is 0 Å². The summed E-state index contributed by atoms with van der Waals surface area (Å²) in [5.74, 6) is 2.99. The summed E-state index contributed by atoms with van der Waals surface area (Å²) in [5, 5.41) is 3.36. The van der Waals surface area contributed by atoms with Gasteiger partial charge in [-0.15, -0.1) is 0 Å². The molecule has 1 aromatic rings. The maximum absolute atomic E-state index is 5.79. The van der Waals surface area contributed by atoms with Crippen molar-refractivity contribution in [1.29, 1.82) is 0 Å². The van der Waals surface area contributed by atoms with Crippen molar-refractivity contribution < 1.29 is 4.74 Å². The van der Waals surface area contributed by atoms with E-state index >= 15 is 0 Å². The molecule has 17 heavy (non-hydrogen) atoms. The first-order chi connectivity index (χ1) is 8.42. The van der Waals surface area contributed by atoms with Gasteiger partial charge in [0.05, 0.1) is 6.61 Å². The second kappa shape index (κ2) is 5.00. The molecule has 2 aliphatic rings. The van der Waals surface area contributed by atoms with Gasteiger partial charge in [-0.2, -0.15) is 4.98 Å². The highest BCUT2D eigenvalue weighted by atomic mass is 16.5. The van der Waals surface area contributed by atoms with Crippen molar-refractivity contribution in [2.24, 2.45) is 5.92 Å². The fourth-order valence-electron chi connectivity index (χ4n) is 2.23. The van der Waals surface area contributed by atoms with Crippen molar-refractivity contribution >= 4 is 0 Å². The van der Waals surface area contributed by atoms with Gasteiger partial charge < -0.3 is 10.1 Å². The van der Waals surface area contributed by atoms with E-state index in [0.717, 1.165) is 31.4 Å². The van der Waals surface area contributed by atoms with Crippen molar-refractivity contribution in [3.63, 3.8) is 0 Å². The second-order valence-corrected chi connectivity index (χ2v) is 5.03. The van der Waals surface area contributed by atoms with Crippen molar-refractivity contribution in [2.75, 3.05) is 19.7 Å². The molecule has 1 aromatic heterocycles. The van der Waals surface area contributed by atoms with Gasteiger partial charge in [0.1, 0.15) is 5.82 Å². The second-order valence-electron chi connectivity index (χ2n) is 5.03. The Kier molecular flexibility index (Phi) is 3.22. The highest BCUT2D eigenvalue weighted by Crippen LogP contribution is 2.38. The van der Waals surface area contributed by atoms with Crippen LogP contribution in [0.25, 0.3) is 0 Å². The fourth-order valence-corrected chi connectivity index (χ4v) is 2.23. The lowest BCUT2D eigenvalue weighted by Gasteiger charge is -2.22. The first kappa shape index (κ1) is 11.0. The lowest BCUT2D eigenvalue weighted by molar-refractivity contribution is 0.208. The predicted octanol–water partition coefficient (Wildman–Crippen LogP) is 1.73. The molecule has 4 heteroatoms. The SMILES string of the molecule is c1cc(OCC2CCNCC2)nc(C2CC2)n1. The largest absolute Gasteiger partial charge is 0.477 e. The third-order valence-corrected chi connectivity index (χ3v) is 3.52. The Bertz CT molecular complexity index is 373. The van der Waals surface area contributed by atoms with Gasteiger partial charge in [-0.1, -0.05) is 0 Å². The van der Waals surface area contributed by atoms with Crippen molar-refractivity contribution in [1.82, 2.24) is 15.3 Å². The first-order valence-electron chi connectivity index (χ1n) is 6.58. The van der Waals surface area contributed by atoms with Crippen LogP contribution >= 0.6 is 0 Å². The van der Waals surface area contributed by atoms with E-state index in [9.17, 15) is 0 Å². The Balaban J connectivity index is 1.54. The summed E-state index contributed by atoms with van der Waals surface area (Å²) in [6, 6.07) is 1.87. The Morgan fingerprint density at radius 1 is 1.24 bits per heavy atom. The molecule has 1 aliphatic heterocycles. The summed E-state index contributed by atoms with van der Waals surface area (Å²) >= 11 is 0. The maximum Gasteiger partial charge on any atom is 0.216 e. The number of rotatable bonds is 4. The molecule has 0 bridgehead atoms. The van der Waals surface area contributed by atoms with E-state index in [-0.39, 0.29) is 0 Å². The van der Waals surface area contributed by atoms with Gasteiger partial charge in [0.15, 0.2) is 0 Å². The molecule has 0 spiro atoms. The van der Waals surface area contributed by atoms with E-state index in [1.54, 1.807) is 0 Å². The molecule has 0 radical (unpaired) electrons. The third kappa shape index (κ3) is 2.94. The molecule has 1 saturated carbocycles. The van der Waals surface area contributed by atoms with Gasteiger partial charge >= 0.3 is 0 Å². The van der Waals surface area contributed by atoms with Crippen molar-refractivity contribution in [2.45, 2.75) is 31.6 Å². The standard InChI is InChI=1S/C13H19N3O/c1-2-11(1)13-15-8-5-12(16-13)17-9-10-3-6-14-7-4-10/h5,8,10-11,14H,1-4,6-7,9H2. The summed E-state index contributed by atoms with van der Waals surface area (Å²) < 4.78 is 5.79. The summed E-state index contributed by atoms with van der Waals surface area (Å²) in [5.41, 5.74) is 0. The molecule has 0 aromatic carbocycles. The summed E-state index contributed by atoms with van der Waals surface area (Å²) in [6.45, 7) is 3.03. The molecule has 4 nitrogen and oxygen atoms in total. The van der Waals surface area contributed by atoms with E-state index in [1.807, 2.05) is 12.3 Å². The monoisotopic (exact) mass is 233 g/mol. The minimum Gasteiger partial charge on any atom is -0.477 e. The van der Waals surface area contributed by atoms with Crippen LogP contribution in [0, 0.1) is 5.92 Å². The molecule has 3 rings (SSSR count). The molecular formula is C13H19N3O. The molecular weight excluding hydrogens is 214 g/mol. The quantitative estimate of drug-likeness (QED) is 0.860. The third-order valence-electron chi connectivity index (χ3n) is 3.52. The number of hydrogen-bond acceptors (Lipinski definition) is 4. The fraction of sp³-hybridized carbons (Fsp3) is 0.692.